The Morgan fingerprint density at radius 1 is 1.10 bits per heavy atom. The molecule has 1 N–H and O–H groups in total. The van der Waals surface area contributed by atoms with Gasteiger partial charge >= 0.3 is 5.97 Å². The first kappa shape index (κ1) is 23.8. The lowest BCUT2D eigenvalue weighted by atomic mass is 10.2. The van der Waals surface area contributed by atoms with Gasteiger partial charge in [0, 0.05) is 31.2 Å². The van der Waals surface area contributed by atoms with Gasteiger partial charge in [-0.2, -0.15) is 0 Å². The van der Waals surface area contributed by atoms with Crippen LogP contribution in [-0.4, -0.2) is 61.0 Å². The highest BCUT2D eigenvalue weighted by atomic mass is 32.2. The molecule has 0 aliphatic carbocycles. The van der Waals surface area contributed by atoms with Crippen molar-refractivity contribution in [3.63, 3.8) is 0 Å². The van der Waals surface area contributed by atoms with Crippen molar-refractivity contribution in [2.75, 3.05) is 31.8 Å². The van der Waals surface area contributed by atoms with Crippen molar-refractivity contribution >= 4 is 39.3 Å². The highest BCUT2D eigenvalue weighted by Gasteiger charge is 2.20. The normalized spacial score (nSPS) is 11.4. The van der Waals surface area contributed by atoms with E-state index in [0.29, 0.717) is 16.4 Å². The van der Waals surface area contributed by atoms with Crippen LogP contribution in [0, 0.1) is 20.8 Å². The van der Waals surface area contributed by atoms with Crippen LogP contribution in [0.2, 0.25) is 0 Å². The number of nitrogens with one attached hydrogen (secondary N) is 1. The van der Waals surface area contributed by atoms with Crippen molar-refractivity contribution in [3.05, 3.63) is 41.2 Å². The third kappa shape index (κ3) is 6.51. The van der Waals surface area contributed by atoms with Gasteiger partial charge in [0.1, 0.15) is 0 Å². The summed E-state index contributed by atoms with van der Waals surface area (Å²) in [6.07, 6.45) is 0. The lowest BCUT2D eigenvalue weighted by Gasteiger charge is -2.15. The number of sulfonamides is 1. The molecule has 1 aromatic heterocycles. The largest absolute Gasteiger partial charge is 0.455 e. The zero-order valence-corrected chi connectivity index (χ0v) is 19.1. The van der Waals surface area contributed by atoms with Crippen LogP contribution < -0.4 is 5.32 Å². The van der Waals surface area contributed by atoms with Gasteiger partial charge in [0.05, 0.1) is 10.6 Å². The lowest BCUT2D eigenvalue weighted by Crippen LogP contribution is -2.24. The number of hydrogen-bond acceptors (Lipinski definition) is 8. The number of carbonyl (C=O) groups is 2. The molecule has 0 radical (unpaired) electrons. The minimum absolute atomic E-state index is 0.0358. The molecule has 0 saturated heterocycles. The molecule has 2 rings (SSSR count). The number of carbonyl (C=O) groups excluding carboxylic acids is 2. The van der Waals surface area contributed by atoms with E-state index >= 15 is 0 Å². The van der Waals surface area contributed by atoms with E-state index < -0.39 is 28.5 Å². The zero-order chi connectivity index (χ0) is 22.5. The summed E-state index contributed by atoms with van der Waals surface area (Å²) < 4.78 is 30.8. The third-order valence-electron chi connectivity index (χ3n) is 3.88. The van der Waals surface area contributed by atoms with E-state index in [1.165, 1.54) is 20.2 Å². The SMILES string of the molecule is Cc1cc(C)nc(SCC(=O)OCC(=O)Nc2ccc(C)c(S(=O)(=O)N(C)C)c2)n1. The van der Waals surface area contributed by atoms with Gasteiger partial charge in [-0.25, -0.2) is 22.7 Å². The molecule has 0 spiro atoms. The Labute approximate surface area is 180 Å². The van der Waals surface area contributed by atoms with Crippen molar-refractivity contribution < 1.29 is 22.7 Å². The van der Waals surface area contributed by atoms with Crippen molar-refractivity contribution in [2.24, 2.45) is 0 Å². The van der Waals surface area contributed by atoms with Gasteiger partial charge < -0.3 is 10.1 Å². The Balaban J connectivity index is 1.91. The van der Waals surface area contributed by atoms with Gasteiger partial charge in [0.15, 0.2) is 11.8 Å². The van der Waals surface area contributed by atoms with Gasteiger partial charge in [-0.05, 0) is 44.5 Å². The first-order valence-corrected chi connectivity index (χ1v) is 11.4. The molecular weight excluding hydrogens is 428 g/mol. The zero-order valence-electron chi connectivity index (χ0n) is 17.4. The topological polar surface area (TPSA) is 119 Å². The van der Waals surface area contributed by atoms with Crippen molar-refractivity contribution in [2.45, 2.75) is 30.8 Å². The van der Waals surface area contributed by atoms with Crippen molar-refractivity contribution in [1.29, 1.82) is 0 Å². The van der Waals surface area contributed by atoms with Gasteiger partial charge in [-0.1, -0.05) is 17.8 Å². The summed E-state index contributed by atoms with van der Waals surface area (Å²) in [5.74, 6) is -1.20. The van der Waals surface area contributed by atoms with Crippen LogP contribution in [0.3, 0.4) is 0 Å². The monoisotopic (exact) mass is 452 g/mol. The summed E-state index contributed by atoms with van der Waals surface area (Å²) >= 11 is 1.12. The van der Waals surface area contributed by atoms with Gasteiger partial charge in [0.25, 0.3) is 5.91 Å². The minimum Gasteiger partial charge on any atom is -0.455 e. The minimum atomic E-state index is -3.65. The molecule has 0 aliphatic heterocycles. The number of benzene rings is 1. The number of rotatable bonds is 8. The predicted molar refractivity (Wildman–Crippen MR) is 114 cm³/mol. The maximum Gasteiger partial charge on any atom is 0.316 e. The second-order valence-electron chi connectivity index (χ2n) is 6.70. The van der Waals surface area contributed by atoms with E-state index in [9.17, 15) is 18.0 Å². The third-order valence-corrected chi connectivity index (χ3v) is 6.65. The quantitative estimate of drug-likeness (QED) is 0.367. The number of aryl methyl sites for hydroxylation is 3. The van der Waals surface area contributed by atoms with E-state index in [4.69, 9.17) is 4.74 Å². The molecule has 0 saturated carbocycles. The van der Waals surface area contributed by atoms with Crippen molar-refractivity contribution in [3.8, 4) is 0 Å². The van der Waals surface area contributed by atoms with E-state index in [1.54, 1.807) is 19.1 Å². The lowest BCUT2D eigenvalue weighted by molar-refractivity contribution is -0.144. The molecule has 9 nitrogen and oxygen atoms in total. The summed E-state index contributed by atoms with van der Waals surface area (Å²) in [6, 6.07) is 6.38. The van der Waals surface area contributed by atoms with E-state index in [0.717, 1.165) is 27.5 Å². The molecule has 2 aromatic rings. The Morgan fingerprint density at radius 3 is 2.33 bits per heavy atom. The number of amides is 1. The van der Waals surface area contributed by atoms with Crippen LogP contribution in [0.15, 0.2) is 34.3 Å². The van der Waals surface area contributed by atoms with Crippen LogP contribution in [-0.2, 0) is 24.3 Å². The summed E-state index contributed by atoms with van der Waals surface area (Å²) in [7, 11) is -0.787. The second kappa shape index (κ2) is 10.0. The smallest absolute Gasteiger partial charge is 0.316 e. The van der Waals surface area contributed by atoms with Crippen molar-refractivity contribution in [1.82, 2.24) is 14.3 Å². The first-order chi connectivity index (χ1) is 14.0. The standard InChI is InChI=1S/C19H24N4O5S2/c1-12-6-7-15(9-16(12)30(26,27)23(4)5)22-17(24)10-28-18(25)11-29-19-20-13(2)8-14(3)21-19/h6-9H,10-11H2,1-5H3,(H,22,24). The summed E-state index contributed by atoms with van der Waals surface area (Å²) in [4.78, 5) is 32.5. The average molecular weight is 453 g/mol. The number of hydrogen-bond donors (Lipinski definition) is 1. The van der Waals surface area contributed by atoms with Crippen LogP contribution in [0.5, 0.6) is 0 Å². The number of esters is 1. The molecule has 0 unspecified atom stereocenters. The number of anilines is 1. The molecule has 0 aliphatic rings. The van der Waals surface area contributed by atoms with E-state index in [1.807, 2.05) is 19.9 Å². The predicted octanol–water partition coefficient (Wildman–Crippen LogP) is 1.93. The van der Waals surface area contributed by atoms with Gasteiger partial charge in [-0.3, -0.25) is 9.59 Å². The van der Waals surface area contributed by atoms with Crippen LogP contribution in [0.1, 0.15) is 17.0 Å². The molecule has 0 bridgehead atoms. The molecule has 1 aromatic carbocycles. The van der Waals surface area contributed by atoms with E-state index in [2.05, 4.69) is 15.3 Å². The van der Waals surface area contributed by atoms with Crippen LogP contribution >= 0.6 is 11.8 Å². The second-order valence-corrected chi connectivity index (χ2v) is 9.76. The molecule has 11 heteroatoms. The molecule has 30 heavy (non-hydrogen) atoms. The first-order valence-electron chi connectivity index (χ1n) is 8.93. The number of thioether (sulfide) groups is 1. The number of ether oxygens (including phenoxy) is 1. The summed E-state index contributed by atoms with van der Waals surface area (Å²) in [5, 5.41) is 3.00. The number of aromatic nitrogens is 2. The van der Waals surface area contributed by atoms with E-state index in [-0.39, 0.29) is 10.6 Å². The average Bonchev–Trinajstić information content (AvgIpc) is 2.65. The van der Waals surface area contributed by atoms with Crippen LogP contribution in [0.25, 0.3) is 0 Å². The summed E-state index contributed by atoms with van der Waals surface area (Å²) in [6.45, 7) is 4.85. The highest BCUT2D eigenvalue weighted by molar-refractivity contribution is 7.99. The molecule has 0 atom stereocenters. The fourth-order valence-corrected chi connectivity index (χ4v) is 4.31. The Bertz CT molecular complexity index is 1030. The maximum absolute atomic E-state index is 12.4. The Kier molecular flexibility index (Phi) is 7.93. The number of nitrogens with zero attached hydrogens (tertiary/aromatic N) is 3. The molecule has 1 amide bonds. The highest BCUT2D eigenvalue weighted by Crippen LogP contribution is 2.22. The molecule has 0 fully saturated rings. The fraction of sp³-hybridized carbons (Fsp3) is 0.368. The molecule has 1 heterocycles. The van der Waals surface area contributed by atoms with Crippen LogP contribution in [0.4, 0.5) is 5.69 Å². The van der Waals surface area contributed by atoms with Gasteiger partial charge in [0.2, 0.25) is 10.0 Å². The Hall–Kier alpha value is -2.50. The Morgan fingerprint density at radius 2 is 1.73 bits per heavy atom. The van der Waals surface area contributed by atoms with Gasteiger partial charge in [-0.15, -0.1) is 0 Å². The maximum atomic E-state index is 12.4. The fourth-order valence-electron chi connectivity index (χ4n) is 2.42. The molecule has 162 valence electrons. The molecular formula is C19H24N4O5S2. The summed E-state index contributed by atoms with van der Waals surface area (Å²) in [5.41, 5.74) is 2.44.